The fourth-order valence-electron chi connectivity index (χ4n) is 10.1. The van der Waals surface area contributed by atoms with Crippen molar-refractivity contribution < 1.29 is 0 Å². The van der Waals surface area contributed by atoms with Crippen LogP contribution in [0.2, 0.25) is 0 Å². The molecule has 0 spiro atoms. The van der Waals surface area contributed by atoms with Crippen molar-refractivity contribution in [3.05, 3.63) is 206 Å². The van der Waals surface area contributed by atoms with Crippen molar-refractivity contribution in [2.45, 2.75) is 9.79 Å². The molecular formula is C57H34N6S. The average Bonchev–Trinajstić information content (AvgIpc) is 4.01. The summed E-state index contributed by atoms with van der Waals surface area (Å²) < 4.78 is 7.24. The first-order chi connectivity index (χ1) is 31.7. The normalized spacial score (nSPS) is 12.3. The van der Waals surface area contributed by atoms with E-state index in [0.29, 0.717) is 17.5 Å². The Morgan fingerprint density at radius 3 is 1.70 bits per heavy atom. The second kappa shape index (κ2) is 13.6. The lowest BCUT2D eigenvalue weighted by Gasteiger charge is -2.21. The molecule has 0 aliphatic carbocycles. The first kappa shape index (κ1) is 35.3. The molecule has 4 aromatic heterocycles. The maximum absolute atomic E-state index is 5.38. The highest BCUT2D eigenvalue weighted by Crippen LogP contribution is 2.50. The highest BCUT2D eigenvalue weighted by molar-refractivity contribution is 7.99. The molecule has 0 amide bonds. The molecule has 9 aromatic carbocycles. The van der Waals surface area contributed by atoms with Gasteiger partial charge in [-0.2, -0.15) is 0 Å². The van der Waals surface area contributed by atoms with Crippen LogP contribution in [0, 0.1) is 0 Å². The minimum absolute atomic E-state index is 0.604. The number of nitrogens with zero attached hydrogens (tertiary/aromatic N) is 6. The summed E-state index contributed by atoms with van der Waals surface area (Å²) >= 11 is 1.84. The quantitative estimate of drug-likeness (QED) is 0.173. The van der Waals surface area contributed by atoms with Crippen molar-refractivity contribution in [2.75, 3.05) is 0 Å². The van der Waals surface area contributed by atoms with Gasteiger partial charge < -0.3 is 4.57 Å². The van der Waals surface area contributed by atoms with Crippen LogP contribution in [0.1, 0.15) is 0 Å². The predicted molar refractivity (Wildman–Crippen MR) is 263 cm³/mol. The first-order valence-corrected chi connectivity index (χ1v) is 22.3. The van der Waals surface area contributed by atoms with Gasteiger partial charge in [-0.25, -0.2) is 15.0 Å². The molecule has 7 heteroatoms. The van der Waals surface area contributed by atoms with Crippen molar-refractivity contribution in [3.8, 4) is 51.2 Å². The van der Waals surface area contributed by atoms with E-state index in [1.54, 1.807) is 0 Å². The monoisotopic (exact) mass is 834 g/mol. The number of rotatable bonds is 5. The van der Waals surface area contributed by atoms with Crippen molar-refractivity contribution in [2.24, 2.45) is 0 Å². The Kier molecular flexibility index (Phi) is 7.52. The molecule has 298 valence electrons. The van der Waals surface area contributed by atoms with Crippen molar-refractivity contribution >= 4 is 77.2 Å². The molecule has 0 unspecified atom stereocenters. The topological polar surface area (TPSA) is 53.5 Å². The van der Waals surface area contributed by atoms with E-state index in [9.17, 15) is 0 Å². The van der Waals surface area contributed by atoms with Crippen LogP contribution in [0.5, 0.6) is 0 Å². The average molecular weight is 835 g/mol. The zero-order valence-corrected chi connectivity index (χ0v) is 35.0. The second-order valence-electron chi connectivity index (χ2n) is 16.4. The van der Waals surface area contributed by atoms with E-state index >= 15 is 0 Å². The second-order valence-corrected chi connectivity index (χ2v) is 17.5. The Labute approximate surface area is 371 Å². The molecule has 0 radical (unpaired) electrons. The van der Waals surface area contributed by atoms with Gasteiger partial charge in [0.15, 0.2) is 17.5 Å². The van der Waals surface area contributed by atoms with Gasteiger partial charge in [0.2, 0.25) is 0 Å². The Morgan fingerprint density at radius 2 is 0.922 bits per heavy atom. The van der Waals surface area contributed by atoms with E-state index in [2.05, 4.69) is 220 Å². The highest BCUT2D eigenvalue weighted by Gasteiger charge is 2.29. The van der Waals surface area contributed by atoms with E-state index in [4.69, 9.17) is 15.0 Å². The van der Waals surface area contributed by atoms with Gasteiger partial charge in [-0.3, -0.25) is 9.13 Å². The molecule has 0 N–H and O–H groups in total. The summed E-state index contributed by atoms with van der Waals surface area (Å²) in [6.45, 7) is 0. The number of aromatic nitrogens is 6. The summed E-state index contributed by atoms with van der Waals surface area (Å²) in [5.41, 5.74) is 11.8. The van der Waals surface area contributed by atoms with Gasteiger partial charge in [0.05, 0.1) is 33.4 Å². The Balaban J connectivity index is 1.01. The van der Waals surface area contributed by atoms with Gasteiger partial charge in [-0.05, 0) is 89.6 Å². The van der Waals surface area contributed by atoms with Gasteiger partial charge in [-0.1, -0.05) is 139 Å². The number of hydrogen-bond donors (Lipinski definition) is 0. The summed E-state index contributed by atoms with van der Waals surface area (Å²) in [5.74, 6) is 1.83. The molecule has 0 bridgehead atoms. The van der Waals surface area contributed by atoms with E-state index in [1.807, 2.05) is 11.8 Å². The van der Waals surface area contributed by atoms with Gasteiger partial charge in [0.25, 0.3) is 0 Å². The highest BCUT2D eigenvalue weighted by atomic mass is 32.2. The fraction of sp³-hybridized carbons (Fsp3) is 0. The Morgan fingerprint density at radius 1 is 0.359 bits per heavy atom. The van der Waals surface area contributed by atoms with E-state index in [1.165, 1.54) is 64.3 Å². The smallest absolute Gasteiger partial charge is 0.166 e. The van der Waals surface area contributed by atoms with Crippen LogP contribution in [0.4, 0.5) is 0 Å². The maximum atomic E-state index is 5.38. The number of para-hydroxylation sites is 6. The zero-order valence-electron chi connectivity index (χ0n) is 34.2. The largest absolute Gasteiger partial charge is 0.309 e. The molecule has 5 heterocycles. The van der Waals surface area contributed by atoms with E-state index < -0.39 is 0 Å². The lowest BCUT2D eigenvalue weighted by molar-refractivity contribution is 1.02. The molecule has 64 heavy (non-hydrogen) atoms. The molecule has 1 aliphatic rings. The van der Waals surface area contributed by atoms with E-state index in [0.717, 1.165) is 44.6 Å². The number of fused-ring (bicyclic) bond motifs is 11. The minimum atomic E-state index is 0.604. The van der Waals surface area contributed by atoms with Crippen LogP contribution < -0.4 is 0 Å². The van der Waals surface area contributed by atoms with Gasteiger partial charge >= 0.3 is 0 Å². The van der Waals surface area contributed by atoms with Crippen molar-refractivity contribution in [1.29, 1.82) is 0 Å². The summed E-state index contributed by atoms with van der Waals surface area (Å²) in [6.07, 6.45) is 0. The molecule has 1 aliphatic heterocycles. The van der Waals surface area contributed by atoms with Crippen LogP contribution in [0.3, 0.4) is 0 Å². The molecule has 13 aromatic rings. The molecule has 0 atom stereocenters. The third kappa shape index (κ3) is 5.13. The van der Waals surface area contributed by atoms with Crippen molar-refractivity contribution in [1.82, 2.24) is 28.7 Å². The minimum Gasteiger partial charge on any atom is -0.309 e. The molecule has 0 fully saturated rings. The number of benzene rings is 9. The predicted octanol–water partition coefficient (Wildman–Crippen LogP) is 14.6. The number of hydrogen-bond acceptors (Lipinski definition) is 4. The van der Waals surface area contributed by atoms with Crippen LogP contribution in [0.15, 0.2) is 216 Å². The lowest BCUT2D eigenvalue weighted by atomic mass is 10.1. The van der Waals surface area contributed by atoms with Crippen LogP contribution in [-0.4, -0.2) is 28.7 Å². The van der Waals surface area contributed by atoms with Crippen LogP contribution >= 0.6 is 11.8 Å². The Hall–Kier alpha value is -8.26. The maximum Gasteiger partial charge on any atom is 0.166 e. The van der Waals surface area contributed by atoms with Crippen LogP contribution in [0.25, 0.3) is 117 Å². The van der Waals surface area contributed by atoms with Crippen molar-refractivity contribution in [3.63, 3.8) is 0 Å². The third-order valence-electron chi connectivity index (χ3n) is 12.9. The van der Waals surface area contributed by atoms with E-state index in [-0.39, 0.29) is 0 Å². The van der Waals surface area contributed by atoms with Gasteiger partial charge in [-0.15, -0.1) is 0 Å². The van der Waals surface area contributed by atoms with Crippen LogP contribution in [-0.2, 0) is 0 Å². The summed E-state index contributed by atoms with van der Waals surface area (Å²) in [7, 11) is 0. The standard InChI is InChI=1S/C57H34N6S/c1-2-15-37-34-38(29-28-35(37)14-1)55-58-54(36-30-32-39(33-31-36)61-45-21-7-3-16-40(45)41-17-4-8-22-46(41)61)59-56(60-55)43-19-6-10-24-48(43)62-47-23-9-5-18-42(47)52-44-20-13-27-51-53(44)63(57(52)62)49-25-11-12-26-50(49)64-51/h1-34H. The van der Waals surface area contributed by atoms with Gasteiger partial charge in [0, 0.05) is 59.1 Å². The zero-order chi connectivity index (χ0) is 41.9. The SMILES string of the molecule is c1ccc2c(c1)Sc1cccc3c4c5ccccc5n(-c5ccccc5-c5nc(-c6ccc(-n7c8ccccc8c8ccccc87)cc6)nc(-c6ccc7ccccc7c6)n5)c4n-2c13. The summed E-state index contributed by atoms with van der Waals surface area (Å²) in [4.78, 5) is 18.5. The molecule has 0 saturated heterocycles. The summed E-state index contributed by atoms with van der Waals surface area (Å²) in [6, 6.07) is 73.5. The van der Waals surface area contributed by atoms with Gasteiger partial charge in [0.1, 0.15) is 5.65 Å². The molecule has 14 rings (SSSR count). The molecular weight excluding hydrogens is 801 g/mol. The molecule has 0 saturated carbocycles. The molecule has 6 nitrogen and oxygen atoms in total. The fourth-order valence-corrected chi connectivity index (χ4v) is 11.2. The Bertz CT molecular complexity index is 4010. The summed E-state index contributed by atoms with van der Waals surface area (Å²) in [5, 5.41) is 8.45. The first-order valence-electron chi connectivity index (χ1n) is 21.5. The lowest BCUT2D eigenvalue weighted by Crippen LogP contribution is -2.07. The third-order valence-corrected chi connectivity index (χ3v) is 14.0.